The lowest BCUT2D eigenvalue weighted by Crippen LogP contribution is -2.06. The number of non-ortho nitro benzene ring substituents is 1. The van der Waals surface area contributed by atoms with Crippen molar-refractivity contribution in [1.82, 2.24) is 9.97 Å². The van der Waals surface area contributed by atoms with Gasteiger partial charge in [0.25, 0.3) is 5.69 Å². The van der Waals surface area contributed by atoms with Crippen molar-refractivity contribution in [3.05, 3.63) is 93.0 Å². The molecule has 3 aromatic carbocycles. The Labute approximate surface area is 209 Å². The number of anilines is 1. The van der Waals surface area contributed by atoms with Crippen molar-refractivity contribution in [1.29, 1.82) is 0 Å². The van der Waals surface area contributed by atoms with Crippen molar-refractivity contribution in [2.24, 2.45) is 0 Å². The van der Waals surface area contributed by atoms with Gasteiger partial charge in [0.1, 0.15) is 10.8 Å². The van der Waals surface area contributed by atoms with Crippen LogP contribution >= 0.6 is 22.7 Å². The molecule has 0 atom stereocenters. The van der Waals surface area contributed by atoms with E-state index in [4.69, 9.17) is 10.7 Å². The van der Waals surface area contributed by atoms with Gasteiger partial charge >= 0.3 is 0 Å². The Morgan fingerprint density at radius 3 is 2.54 bits per heavy atom. The van der Waals surface area contributed by atoms with Gasteiger partial charge in [-0.25, -0.2) is 9.97 Å². The molecule has 0 fully saturated rings. The molecule has 9 heteroatoms. The minimum absolute atomic E-state index is 0.0162. The number of nitrogens with zero attached hydrogens (tertiary/aromatic N) is 3. The van der Waals surface area contributed by atoms with Crippen LogP contribution in [0, 0.1) is 17.0 Å². The standard InChI is InChI=1S/C26H20N4O3S2/c1-15-5-8-17(9-6-15)24-25(18-3-2-4-19(13-18)30(32)33)35-23(29-24)14-20(31)11-16-7-10-21-22(12-16)34-26(27)28-21/h2-10,12-13H,11,14H2,1H3,(H2,27,28). The lowest BCUT2D eigenvalue weighted by Gasteiger charge is -2.03. The zero-order chi connectivity index (χ0) is 24.5. The van der Waals surface area contributed by atoms with E-state index in [-0.39, 0.29) is 24.3 Å². The van der Waals surface area contributed by atoms with E-state index in [1.807, 2.05) is 55.5 Å². The Morgan fingerprint density at radius 2 is 1.77 bits per heavy atom. The van der Waals surface area contributed by atoms with Crippen molar-refractivity contribution < 1.29 is 9.72 Å². The van der Waals surface area contributed by atoms with E-state index in [0.717, 1.165) is 37.5 Å². The van der Waals surface area contributed by atoms with Crippen LogP contribution in [0.5, 0.6) is 0 Å². The Hall–Kier alpha value is -3.95. The van der Waals surface area contributed by atoms with E-state index in [0.29, 0.717) is 15.7 Å². The normalized spacial score (nSPS) is 11.1. The number of nitro groups is 1. The molecule has 5 aromatic rings. The van der Waals surface area contributed by atoms with Gasteiger partial charge in [-0.15, -0.1) is 11.3 Å². The number of Topliss-reactive ketones (excluding diaryl/α,β-unsaturated/α-hetero) is 1. The third-order valence-corrected chi connectivity index (χ3v) is 7.49. The molecule has 0 saturated heterocycles. The third-order valence-electron chi connectivity index (χ3n) is 5.53. The van der Waals surface area contributed by atoms with E-state index in [1.54, 1.807) is 12.1 Å². The average molecular weight is 501 g/mol. The van der Waals surface area contributed by atoms with E-state index in [1.165, 1.54) is 28.7 Å². The van der Waals surface area contributed by atoms with Crippen LogP contribution in [0.2, 0.25) is 0 Å². The van der Waals surface area contributed by atoms with Crippen molar-refractivity contribution in [2.45, 2.75) is 19.8 Å². The number of hydrogen-bond donors (Lipinski definition) is 1. The van der Waals surface area contributed by atoms with Gasteiger partial charge in [0.2, 0.25) is 0 Å². The summed E-state index contributed by atoms with van der Waals surface area (Å²) in [7, 11) is 0. The Morgan fingerprint density at radius 1 is 0.971 bits per heavy atom. The number of aromatic nitrogens is 2. The number of nitrogen functional groups attached to an aromatic ring is 1. The number of fused-ring (bicyclic) bond motifs is 1. The predicted octanol–water partition coefficient (Wildman–Crippen LogP) is 6.24. The van der Waals surface area contributed by atoms with Crippen LogP contribution in [0.25, 0.3) is 31.9 Å². The fourth-order valence-electron chi connectivity index (χ4n) is 3.86. The number of aryl methyl sites for hydroxylation is 1. The molecule has 174 valence electrons. The van der Waals surface area contributed by atoms with Gasteiger partial charge < -0.3 is 5.73 Å². The number of ketones is 1. The van der Waals surface area contributed by atoms with E-state index in [9.17, 15) is 14.9 Å². The summed E-state index contributed by atoms with van der Waals surface area (Å²) < 4.78 is 0.955. The van der Waals surface area contributed by atoms with Crippen molar-refractivity contribution >= 4 is 49.5 Å². The van der Waals surface area contributed by atoms with Gasteiger partial charge in [-0.05, 0) is 24.6 Å². The summed E-state index contributed by atoms with van der Waals surface area (Å²) in [6.07, 6.45) is 0.459. The summed E-state index contributed by atoms with van der Waals surface area (Å²) in [5, 5.41) is 12.5. The predicted molar refractivity (Wildman–Crippen MR) is 141 cm³/mol. The molecule has 7 nitrogen and oxygen atoms in total. The number of nitrogens with two attached hydrogens (primary N) is 1. The maximum atomic E-state index is 12.9. The van der Waals surface area contributed by atoms with Crippen LogP contribution < -0.4 is 5.73 Å². The van der Waals surface area contributed by atoms with Crippen LogP contribution in [0.4, 0.5) is 10.8 Å². The number of benzene rings is 3. The molecule has 0 amide bonds. The second-order valence-corrected chi connectivity index (χ2v) is 10.4. The van der Waals surface area contributed by atoms with Gasteiger partial charge in [0.05, 0.1) is 32.1 Å². The molecule has 0 saturated carbocycles. The summed E-state index contributed by atoms with van der Waals surface area (Å²) in [6, 6.07) is 20.2. The topological polar surface area (TPSA) is 112 Å². The SMILES string of the molecule is Cc1ccc(-c2nc(CC(=O)Cc3ccc4nc(N)sc4c3)sc2-c2cccc([N+](=O)[O-])c2)cc1. The molecule has 5 rings (SSSR count). The highest BCUT2D eigenvalue weighted by molar-refractivity contribution is 7.22. The Kier molecular flexibility index (Phi) is 6.10. The van der Waals surface area contributed by atoms with Crippen LogP contribution in [0.15, 0.2) is 66.7 Å². The first-order chi connectivity index (χ1) is 16.9. The molecule has 2 heterocycles. The molecule has 0 radical (unpaired) electrons. The molecule has 2 aromatic heterocycles. The van der Waals surface area contributed by atoms with E-state index >= 15 is 0 Å². The van der Waals surface area contributed by atoms with Crippen molar-refractivity contribution in [2.75, 3.05) is 5.73 Å². The molecule has 0 aliphatic heterocycles. The first-order valence-corrected chi connectivity index (χ1v) is 12.5. The van der Waals surface area contributed by atoms with Gasteiger partial charge in [0, 0.05) is 29.7 Å². The largest absolute Gasteiger partial charge is 0.375 e. The maximum Gasteiger partial charge on any atom is 0.270 e. The van der Waals surface area contributed by atoms with Crippen LogP contribution in [-0.2, 0) is 17.6 Å². The lowest BCUT2D eigenvalue weighted by atomic mass is 10.0. The molecular formula is C26H20N4O3S2. The highest BCUT2D eigenvalue weighted by atomic mass is 32.1. The lowest BCUT2D eigenvalue weighted by molar-refractivity contribution is -0.384. The molecule has 35 heavy (non-hydrogen) atoms. The first-order valence-electron chi connectivity index (χ1n) is 10.8. The summed E-state index contributed by atoms with van der Waals surface area (Å²) in [4.78, 5) is 33.7. The maximum absolute atomic E-state index is 12.9. The monoisotopic (exact) mass is 500 g/mol. The summed E-state index contributed by atoms with van der Waals surface area (Å²) in [6.45, 7) is 2.01. The van der Waals surface area contributed by atoms with Crippen molar-refractivity contribution in [3.63, 3.8) is 0 Å². The summed E-state index contributed by atoms with van der Waals surface area (Å²) in [5.74, 6) is 0.0386. The van der Waals surface area contributed by atoms with Gasteiger partial charge in [-0.3, -0.25) is 14.9 Å². The first kappa shape index (κ1) is 22.8. The van der Waals surface area contributed by atoms with E-state index in [2.05, 4.69) is 4.98 Å². The Bertz CT molecular complexity index is 1570. The molecule has 0 unspecified atom stereocenters. The van der Waals surface area contributed by atoms with Gasteiger partial charge in [0.15, 0.2) is 5.13 Å². The number of nitro benzene ring substituents is 1. The number of carbonyl (C=O) groups excluding carboxylic acids is 1. The summed E-state index contributed by atoms with van der Waals surface area (Å²) in [5.41, 5.74) is 11.0. The zero-order valence-electron chi connectivity index (χ0n) is 18.7. The zero-order valence-corrected chi connectivity index (χ0v) is 20.4. The fraction of sp³-hybridized carbons (Fsp3) is 0.115. The molecule has 0 spiro atoms. The Balaban J connectivity index is 1.46. The highest BCUT2D eigenvalue weighted by Gasteiger charge is 2.19. The van der Waals surface area contributed by atoms with Gasteiger partial charge in [-0.1, -0.05) is 59.4 Å². The molecular weight excluding hydrogens is 480 g/mol. The van der Waals surface area contributed by atoms with Crippen LogP contribution in [-0.4, -0.2) is 20.7 Å². The average Bonchev–Trinajstić information content (AvgIpc) is 3.41. The van der Waals surface area contributed by atoms with Crippen LogP contribution in [0.1, 0.15) is 16.1 Å². The van der Waals surface area contributed by atoms with Crippen LogP contribution in [0.3, 0.4) is 0 Å². The summed E-state index contributed by atoms with van der Waals surface area (Å²) >= 11 is 2.80. The molecule has 0 bridgehead atoms. The molecule has 2 N–H and O–H groups in total. The third kappa shape index (κ3) is 4.96. The second-order valence-electron chi connectivity index (χ2n) is 8.21. The quantitative estimate of drug-likeness (QED) is 0.209. The number of rotatable bonds is 7. The number of hydrogen-bond acceptors (Lipinski definition) is 8. The highest BCUT2D eigenvalue weighted by Crippen LogP contribution is 2.38. The number of thiazole rings is 2. The molecule has 0 aliphatic rings. The second kappa shape index (κ2) is 9.36. The molecule has 0 aliphatic carbocycles. The smallest absolute Gasteiger partial charge is 0.270 e. The number of carbonyl (C=O) groups is 1. The fourth-order valence-corrected chi connectivity index (χ4v) is 5.77. The minimum Gasteiger partial charge on any atom is -0.375 e. The van der Waals surface area contributed by atoms with Gasteiger partial charge in [-0.2, -0.15) is 0 Å². The minimum atomic E-state index is -0.409. The van der Waals surface area contributed by atoms with Crippen molar-refractivity contribution in [3.8, 4) is 21.7 Å². The van der Waals surface area contributed by atoms with E-state index < -0.39 is 4.92 Å².